The average molecular weight is 524 g/mol. The van der Waals surface area contributed by atoms with E-state index in [0.29, 0.717) is 16.3 Å². The third-order valence-corrected chi connectivity index (χ3v) is 7.10. The second-order valence-electron chi connectivity index (χ2n) is 6.99. The molecule has 0 fully saturated rings. The van der Waals surface area contributed by atoms with E-state index in [-0.39, 0.29) is 15.5 Å². The summed E-state index contributed by atoms with van der Waals surface area (Å²) in [6, 6.07) is 16.3. The highest BCUT2D eigenvalue weighted by molar-refractivity contribution is 7.89. The van der Waals surface area contributed by atoms with E-state index >= 15 is 0 Å². The lowest BCUT2D eigenvalue weighted by molar-refractivity contribution is -0.121. The predicted molar refractivity (Wildman–Crippen MR) is 129 cm³/mol. The number of hydrogen-bond donors (Lipinski definition) is 1. The van der Waals surface area contributed by atoms with E-state index in [1.807, 2.05) is 0 Å². The highest BCUT2D eigenvalue weighted by atomic mass is 35.5. The number of carbonyl (C=O) groups is 1. The van der Waals surface area contributed by atoms with E-state index in [1.165, 1.54) is 42.6 Å². The van der Waals surface area contributed by atoms with Crippen LogP contribution in [0.4, 0.5) is 4.39 Å². The smallest absolute Gasteiger partial charge is 0.255 e. The van der Waals surface area contributed by atoms with Gasteiger partial charge in [-0.1, -0.05) is 29.3 Å². The zero-order valence-corrected chi connectivity index (χ0v) is 20.2. The van der Waals surface area contributed by atoms with Gasteiger partial charge in [0, 0.05) is 22.2 Å². The molecular weight excluding hydrogens is 504 g/mol. The summed E-state index contributed by atoms with van der Waals surface area (Å²) >= 11 is 11.9. The Morgan fingerprint density at radius 1 is 1.09 bits per heavy atom. The molecule has 7 nitrogen and oxygen atoms in total. The van der Waals surface area contributed by atoms with Crippen molar-refractivity contribution in [3.05, 3.63) is 93.7 Å². The molecule has 0 aliphatic heterocycles. The van der Waals surface area contributed by atoms with Crippen molar-refractivity contribution >= 4 is 45.3 Å². The van der Waals surface area contributed by atoms with Crippen LogP contribution in [0.25, 0.3) is 0 Å². The minimum Gasteiger partial charge on any atom is -0.497 e. The van der Waals surface area contributed by atoms with Crippen LogP contribution in [0.2, 0.25) is 10.0 Å². The maximum absolute atomic E-state index is 14.4. The Hall–Kier alpha value is -2.98. The first-order valence-electron chi connectivity index (χ1n) is 9.85. The molecule has 0 aliphatic carbocycles. The van der Waals surface area contributed by atoms with Gasteiger partial charge in [0.2, 0.25) is 10.0 Å². The number of hydrazone groups is 1. The van der Waals surface area contributed by atoms with Crippen LogP contribution in [0.1, 0.15) is 11.1 Å². The van der Waals surface area contributed by atoms with Crippen molar-refractivity contribution in [1.82, 2.24) is 9.73 Å². The summed E-state index contributed by atoms with van der Waals surface area (Å²) < 4.78 is 46.8. The molecule has 0 unspecified atom stereocenters. The van der Waals surface area contributed by atoms with Gasteiger partial charge in [-0.05, 0) is 66.2 Å². The van der Waals surface area contributed by atoms with Crippen LogP contribution in [0.5, 0.6) is 5.75 Å². The predicted octanol–water partition coefficient (Wildman–Crippen LogP) is 4.48. The van der Waals surface area contributed by atoms with Crippen LogP contribution >= 0.6 is 23.2 Å². The molecule has 3 rings (SSSR count). The second-order valence-corrected chi connectivity index (χ2v) is 9.78. The van der Waals surface area contributed by atoms with Gasteiger partial charge in [0.15, 0.2) is 0 Å². The third-order valence-electron chi connectivity index (χ3n) is 4.69. The van der Waals surface area contributed by atoms with Crippen LogP contribution in [0.3, 0.4) is 0 Å². The van der Waals surface area contributed by atoms with Gasteiger partial charge in [-0.15, -0.1) is 0 Å². The highest BCUT2D eigenvalue weighted by Crippen LogP contribution is 2.25. The summed E-state index contributed by atoms with van der Waals surface area (Å²) in [5, 5.41) is 4.23. The summed E-state index contributed by atoms with van der Waals surface area (Å²) in [6.45, 7) is -1.10. The molecule has 0 aromatic heterocycles. The molecule has 178 valence electrons. The van der Waals surface area contributed by atoms with Gasteiger partial charge in [-0.3, -0.25) is 4.79 Å². The first-order valence-corrected chi connectivity index (χ1v) is 12.0. The Labute approximate surface area is 206 Å². The zero-order chi connectivity index (χ0) is 24.7. The van der Waals surface area contributed by atoms with E-state index in [9.17, 15) is 17.6 Å². The van der Waals surface area contributed by atoms with Gasteiger partial charge in [0.05, 0.1) is 24.8 Å². The number of nitrogens with zero attached hydrogens (tertiary/aromatic N) is 2. The molecule has 0 aliphatic rings. The molecule has 1 N–H and O–H groups in total. The average Bonchev–Trinajstić information content (AvgIpc) is 2.81. The number of carbonyl (C=O) groups excluding carboxylic acids is 1. The summed E-state index contributed by atoms with van der Waals surface area (Å²) in [6.07, 6.45) is 1.39. The van der Waals surface area contributed by atoms with Crippen LogP contribution in [-0.4, -0.2) is 38.5 Å². The highest BCUT2D eigenvalue weighted by Gasteiger charge is 2.28. The van der Waals surface area contributed by atoms with Crippen molar-refractivity contribution in [2.75, 3.05) is 13.7 Å². The summed E-state index contributed by atoms with van der Waals surface area (Å²) in [4.78, 5) is 12.4. The summed E-state index contributed by atoms with van der Waals surface area (Å²) in [5.41, 5.74) is 2.91. The fraction of sp³-hybridized carbons (Fsp3) is 0.130. The number of rotatable bonds is 9. The van der Waals surface area contributed by atoms with Crippen molar-refractivity contribution in [2.24, 2.45) is 5.10 Å². The summed E-state index contributed by atoms with van der Waals surface area (Å²) in [5.74, 6) is -0.757. The van der Waals surface area contributed by atoms with Gasteiger partial charge in [0.1, 0.15) is 11.6 Å². The molecule has 0 saturated carbocycles. The van der Waals surface area contributed by atoms with Crippen molar-refractivity contribution in [3.63, 3.8) is 0 Å². The standard InChI is InChI=1S/C23H20Cl2FN3O4S/c1-33-18-9-5-16(6-10-18)13-27-28-23(30)15-29(14-20-21(25)3-2-4-22(20)26)34(31,32)19-11-7-17(24)8-12-19/h2-13H,14-15H2,1H3,(H,28,30)/b27-13-. The molecule has 0 atom stereocenters. The van der Waals surface area contributed by atoms with Crippen molar-refractivity contribution in [2.45, 2.75) is 11.4 Å². The number of ether oxygens (including phenoxy) is 1. The Kier molecular flexibility index (Phi) is 8.62. The van der Waals surface area contributed by atoms with Crippen LogP contribution < -0.4 is 10.2 Å². The number of benzene rings is 3. The van der Waals surface area contributed by atoms with Crippen LogP contribution in [-0.2, 0) is 21.4 Å². The molecule has 3 aromatic rings. The monoisotopic (exact) mass is 523 g/mol. The van der Waals surface area contributed by atoms with Crippen molar-refractivity contribution in [1.29, 1.82) is 0 Å². The van der Waals surface area contributed by atoms with E-state index < -0.39 is 34.8 Å². The van der Waals surface area contributed by atoms with Crippen LogP contribution in [0.15, 0.2) is 76.7 Å². The van der Waals surface area contributed by atoms with E-state index in [0.717, 1.165) is 10.4 Å². The lowest BCUT2D eigenvalue weighted by Gasteiger charge is -2.22. The topological polar surface area (TPSA) is 88.1 Å². The van der Waals surface area contributed by atoms with E-state index in [1.54, 1.807) is 31.4 Å². The molecule has 3 aromatic carbocycles. The van der Waals surface area contributed by atoms with Crippen LogP contribution in [0, 0.1) is 5.82 Å². The number of sulfonamides is 1. The summed E-state index contributed by atoms with van der Waals surface area (Å²) in [7, 11) is -2.66. The molecule has 0 saturated heterocycles. The molecule has 34 heavy (non-hydrogen) atoms. The van der Waals surface area contributed by atoms with Crippen molar-refractivity contribution < 1.29 is 22.3 Å². The molecule has 11 heteroatoms. The lowest BCUT2D eigenvalue weighted by Crippen LogP contribution is -2.39. The Morgan fingerprint density at radius 3 is 2.38 bits per heavy atom. The van der Waals surface area contributed by atoms with Gasteiger partial charge in [-0.25, -0.2) is 18.2 Å². The van der Waals surface area contributed by atoms with Crippen molar-refractivity contribution in [3.8, 4) is 5.75 Å². The largest absolute Gasteiger partial charge is 0.497 e. The van der Waals surface area contributed by atoms with Gasteiger partial charge in [0.25, 0.3) is 5.91 Å². The Bertz CT molecular complexity index is 1260. The fourth-order valence-corrected chi connectivity index (χ4v) is 4.62. The first kappa shape index (κ1) is 25.6. The number of methoxy groups -OCH3 is 1. The third kappa shape index (κ3) is 6.54. The SMILES string of the molecule is COc1ccc(/C=N\NC(=O)CN(Cc2c(F)cccc2Cl)S(=O)(=O)c2ccc(Cl)cc2)cc1. The number of hydrogen-bond acceptors (Lipinski definition) is 5. The molecule has 0 heterocycles. The fourth-order valence-electron chi connectivity index (χ4n) is 2.91. The number of amides is 1. The quantitative estimate of drug-likeness (QED) is 0.330. The normalized spacial score (nSPS) is 11.7. The Balaban J connectivity index is 1.81. The van der Waals surface area contributed by atoms with Gasteiger partial charge in [-0.2, -0.15) is 9.41 Å². The molecule has 0 radical (unpaired) electrons. The minimum absolute atomic E-state index is 0.0363. The van der Waals surface area contributed by atoms with E-state index in [4.69, 9.17) is 27.9 Å². The second kappa shape index (κ2) is 11.4. The number of halogens is 3. The lowest BCUT2D eigenvalue weighted by atomic mass is 10.2. The maximum Gasteiger partial charge on any atom is 0.255 e. The van der Waals surface area contributed by atoms with Gasteiger partial charge < -0.3 is 4.74 Å². The molecular formula is C23H20Cl2FN3O4S. The van der Waals surface area contributed by atoms with Gasteiger partial charge >= 0.3 is 0 Å². The maximum atomic E-state index is 14.4. The zero-order valence-electron chi connectivity index (χ0n) is 17.9. The Morgan fingerprint density at radius 2 is 1.76 bits per heavy atom. The molecule has 0 spiro atoms. The van der Waals surface area contributed by atoms with E-state index in [2.05, 4.69) is 10.5 Å². The first-order chi connectivity index (χ1) is 16.2. The minimum atomic E-state index is -4.21. The molecule has 0 bridgehead atoms. The number of nitrogens with one attached hydrogen (secondary N) is 1. The molecule has 1 amide bonds.